The highest BCUT2D eigenvalue weighted by atomic mass is 16.6. The maximum atomic E-state index is 12.1. The second-order valence-corrected chi connectivity index (χ2v) is 9.93. The predicted molar refractivity (Wildman–Crippen MR) is 131 cm³/mol. The van der Waals surface area contributed by atoms with Gasteiger partial charge in [-0.15, -0.1) is 0 Å². The summed E-state index contributed by atoms with van der Waals surface area (Å²) < 4.78 is 5.44. The number of hydrogen-bond donors (Lipinski definition) is 2. The fraction of sp³-hybridized carbons (Fsp3) is 0.962. The lowest BCUT2D eigenvalue weighted by Gasteiger charge is -2.24. The van der Waals surface area contributed by atoms with E-state index in [1.165, 1.54) is 96.3 Å². The van der Waals surface area contributed by atoms with Crippen molar-refractivity contribution in [2.75, 3.05) is 13.1 Å². The van der Waals surface area contributed by atoms with Gasteiger partial charge in [-0.2, -0.15) is 0 Å². The zero-order valence-electron chi connectivity index (χ0n) is 21.1. The van der Waals surface area contributed by atoms with Crippen molar-refractivity contribution in [1.82, 2.24) is 10.6 Å². The molecule has 0 heterocycles. The van der Waals surface area contributed by atoms with E-state index in [4.69, 9.17) is 4.74 Å². The van der Waals surface area contributed by atoms with Gasteiger partial charge in [-0.1, -0.05) is 104 Å². The lowest BCUT2D eigenvalue weighted by atomic mass is 10.0. The van der Waals surface area contributed by atoms with Crippen LogP contribution in [0.15, 0.2) is 0 Å². The first-order valence-corrected chi connectivity index (χ1v) is 13.1. The summed E-state index contributed by atoms with van der Waals surface area (Å²) in [6.45, 7) is 12.1. The van der Waals surface area contributed by atoms with Gasteiger partial charge in [0.1, 0.15) is 5.60 Å². The SMILES string of the molecule is CCCCCCCCCCCCCCCC(CNCCCC)NC(=O)OC(C)(C)C. The number of ether oxygens (including phenoxy) is 1. The van der Waals surface area contributed by atoms with Gasteiger partial charge >= 0.3 is 6.09 Å². The van der Waals surface area contributed by atoms with E-state index >= 15 is 0 Å². The van der Waals surface area contributed by atoms with Gasteiger partial charge < -0.3 is 15.4 Å². The Morgan fingerprint density at radius 2 is 1.20 bits per heavy atom. The summed E-state index contributed by atoms with van der Waals surface area (Å²) in [5, 5.41) is 6.55. The molecule has 0 radical (unpaired) electrons. The summed E-state index contributed by atoms with van der Waals surface area (Å²) in [5.41, 5.74) is -0.445. The molecule has 0 aliphatic rings. The van der Waals surface area contributed by atoms with Gasteiger partial charge in [-0.3, -0.25) is 0 Å². The molecule has 0 aromatic heterocycles. The molecule has 0 aromatic rings. The van der Waals surface area contributed by atoms with Crippen LogP contribution in [0, 0.1) is 0 Å². The molecule has 0 spiro atoms. The molecule has 1 amide bonds. The summed E-state index contributed by atoms with van der Waals surface area (Å²) in [7, 11) is 0. The molecule has 0 saturated carbocycles. The van der Waals surface area contributed by atoms with Crippen molar-refractivity contribution in [2.24, 2.45) is 0 Å². The fourth-order valence-electron chi connectivity index (χ4n) is 3.69. The van der Waals surface area contributed by atoms with Crippen LogP contribution >= 0.6 is 0 Å². The molecular weight excluding hydrogens is 372 g/mol. The van der Waals surface area contributed by atoms with Crippen molar-refractivity contribution in [1.29, 1.82) is 0 Å². The van der Waals surface area contributed by atoms with Crippen LogP contribution in [-0.2, 0) is 4.74 Å². The number of carbonyl (C=O) groups excluding carboxylic acids is 1. The first-order chi connectivity index (χ1) is 14.4. The van der Waals surface area contributed by atoms with Crippen molar-refractivity contribution in [2.45, 2.75) is 149 Å². The third kappa shape index (κ3) is 21.9. The molecular formula is C26H54N2O2. The number of carbonyl (C=O) groups is 1. The highest BCUT2D eigenvalue weighted by molar-refractivity contribution is 5.68. The summed E-state index contributed by atoms with van der Waals surface area (Å²) >= 11 is 0. The predicted octanol–water partition coefficient (Wildman–Crippen LogP) is 7.75. The number of hydrogen-bond acceptors (Lipinski definition) is 3. The molecule has 1 unspecified atom stereocenters. The second kappa shape index (κ2) is 20.2. The van der Waals surface area contributed by atoms with Crippen molar-refractivity contribution < 1.29 is 9.53 Å². The Kier molecular flexibility index (Phi) is 19.6. The average molecular weight is 427 g/mol. The van der Waals surface area contributed by atoms with E-state index in [1.54, 1.807) is 0 Å². The lowest BCUT2D eigenvalue weighted by molar-refractivity contribution is 0.0500. The molecule has 2 N–H and O–H groups in total. The molecule has 0 fully saturated rings. The quantitative estimate of drug-likeness (QED) is 0.196. The van der Waals surface area contributed by atoms with E-state index in [0.29, 0.717) is 0 Å². The molecule has 30 heavy (non-hydrogen) atoms. The van der Waals surface area contributed by atoms with Crippen LogP contribution in [0.3, 0.4) is 0 Å². The monoisotopic (exact) mass is 426 g/mol. The first-order valence-electron chi connectivity index (χ1n) is 13.1. The molecule has 4 heteroatoms. The number of unbranched alkanes of at least 4 members (excludes halogenated alkanes) is 13. The molecule has 0 aliphatic heterocycles. The van der Waals surface area contributed by atoms with Crippen LogP contribution in [0.5, 0.6) is 0 Å². The minimum absolute atomic E-state index is 0.157. The Bertz CT molecular complexity index is 380. The van der Waals surface area contributed by atoms with Gasteiger partial charge in [0.2, 0.25) is 0 Å². The van der Waals surface area contributed by atoms with Gasteiger partial charge in [0, 0.05) is 12.6 Å². The Hall–Kier alpha value is -0.770. The largest absolute Gasteiger partial charge is 0.444 e. The average Bonchev–Trinajstić information content (AvgIpc) is 2.67. The van der Waals surface area contributed by atoms with Crippen LogP contribution < -0.4 is 10.6 Å². The van der Waals surface area contributed by atoms with Crippen LogP contribution in [-0.4, -0.2) is 30.8 Å². The summed E-state index contributed by atoms with van der Waals surface area (Å²) in [6, 6.07) is 0.157. The zero-order valence-corrected chi connectivity index (χ0v) is 21.1. The maximum Gasteiger partial charge on any atom is 0.407 e. The van der Waals surface area contributed by atoms with E-state index in [9.17, 15) is 4.79 Å². The molecule has 0 rings (SSSR count). The summed E-state index contributed by atoms with van der Waals surface area (Å²) in [6.07, 6.45) is 20.9. The summed E-state index contributed by atoms with van der Waals surface area (Å²) in [5.74, 6) is 0. The standard InChI is InChI=1S/C26H54N2O2/c1-6-8-10-11-12-13-14-15-16-17-18-19-20-21-24(23-27-22-9-7-2)28-25(29)30-26(3,4)5/h24,27H,6-23H2,1-5H3,(H,28,29). The number of amides is 1. The van der Waals surface area contributed by atoms with E-state index in [0.717, 1.165) is 19.5 Å². The topological polar surface area (TPSA) is 50.4 Å². The number of rotatable bonds is 20. The van der Waals surface area contributed by atoms with Crippen molar-refractivity contribution in [3.8, 4) is 0 Å². The minimum atomic E-state index is -0.445. The molecule has 0 saturated heterocycles. The second-order valence-electron chi connectivity index (χ2n) is 9.93. The van der Waals surface area contributed by atoms with Gasteiger partial charge in [-0.05, 0) is 40.2 Å². The third-order valence-corrected chi connectivity index (χ3v) is 5.47. The Morgan fingerprint density at radius 1 is 0.733 bits per heavy atom. The zero-order chi connectivity index (χ0) is 22.5. The van der Waals surface area contributed by atoms with Crippen molar-refractivity contribution in [3.05, 3.63) is 0 Å². The molecule has 0 bridgehead atoms. The van der Waals surface area contributed by atoms with Crippen LogP contribution in [0.2, 0.25) is 0 Å². The fourth-order valence-corrected chi connectivity index (χ4v) is 3.69. The maximum absolute atomic E-state index is 12.1. The Labute approximate surface area is 188 Å². The van der Waals surface area contributed by atoms with Gasteiger partial charge in [-0.25, -0.2) is 4.79 Å². The van der Waals surface area contributed by atoms with E-state index in [1.807, 2.05) is 20.8 Å². The number of alkyl carbamates (subject to hydrolysis) is 1. The van der Waals surface area contributed by atoms with Crippen LogP contribution in [0.4, 0.5) is 4.79 Å². The van der Waals surface area contributed by atoms with Gasteiger partial charge in [0.05, 0.1) is 0 Å². The first kappa shape index (κ1) is 29.2. The smallest absolute Gasteiger partial charge is 0.407 e. The normalized spacial score (nSPS) is 12.7. The van der Waals surface area contributed by atoms with Crippen LogP contribution in [0.25, 0.3) is 0 Å². The lowest BCUT2D eigenvalue weighted by Crippen LogP contribution is -2.44. The van der Waals surface area contributed by atoms with Gasteiger partial charge in [0.25, 0.3) is 0 Å². The Morgan fingerprint density at radius 3 is 1.67 bits per heavy atom. The molecule has 1 atom stereocenters. The van der Waals surface area contributed by atoms with Gasteiger partial charge in [0.15, 0.2) is 0 Å². The number of nitrogens with one attached hydrogen (secondary N) is 2. The molecule has 4 nitrogen and oxygen atoms in total. The van der Waals surface area contributed by atoms with E-state index in [2.05, 4.69) is 24.5 Å². The Balaban J connectivity index is 3.81. The minimum Gasteiger partial charge on any atom is -0.444 e. The highest BCUT2D eigenvalue weighted by Crippen LogP contribution is 2.14. The third-order valence-electron chi connectivity index (χ3n) is 5.47. The highest BCUT2D eigenvalue weighted by Gasteiger charge is 2.19. The molecule has 0 aliphatic carbocycles. The van der Waals surface area contributed by atoms with Crippen LogP contribution in [0.1, 0.15) is 137 Å². The van der Waals surface area contributed by atoms with E-state index < -0.39 is 5.60 Å². The summed E-state index contributed by atoms with van der Waals surface area (Å²) in [4.78, 5) is 12.1. The van der Waals surface area contributed by atoms with Crippen molar-refractivity contribution in [3.63, 3.8) is 0 Å². The molecule has 180 valence electrons. The van der Waals surface area contributed by atoms with E-state index in [-0.39, 0.29) is 12.1 Å². The molecule has 0 aromatic carbocycles. The van der Waals surface area contributed by atoms with Crippen molar-refractivity contribution >= 4 is 6.09 Å².